The Morgan fingerprint density at radius 3 is 2.63 bits per heavy atom. The van der Waals surface area contributed by atoms with Crippen LogP contribution in [0.4, 0.5) is 0 Å². The topological polar surface area (TPSA) is 142 Å². The summed E-state index contributed by atoms with van der Waals surface area (Å²) in [5.41, 5.74) is -0.905. The molecule has 4 N–H and O–H groups in total. The number of aryl methyl sites for hydroxylation is 1. The molecular formula is C9H15N2O7P. The minimum Gasteiger partial charge on any atom is -0.394 e. The van der Waals surface area contributed by atoms with Crippen LogP contribution in [0.3, 0.4) is 0 Å². The summed E-state index contributed by atoms with van der Waals surface area (Å²) in [6, 6.07) is 0. The van der Waals surface area contributed by atoms with Gasteiger partial charge < -0.3 is 19.6 Å². The fraction of sp³-hybridized carbons (Fsp3) is 0.556. The van der Waals surface area contributed by atoms with Crippen molar-refractivity contribution in [2.75, 3.05) is 13.0 Å². The Bertz CT molecular complexity index is 587. The summed E-state index contributed by atoms with van der Waals surface area (Å²) in [6.07, 6.45) is -0.532. The van der Waals surface area contributed by atoms with Gasteiger partial charge in [-0.2, -0.15) is 0 Å². The van der Waals surface area contributed by atoms with Gasteiger partial charge in [0.25, 0.3) is 5.56 Å². The Balaban J connectivity index is 2.82. The molecule has 0 fully saturated rings. The van der Waals surface area contributed by atoms with Crippen LogP contribution in [-0.2, 0) is 15.8 Å². The first-order chi connectivity index (χ1) is 8.73. The summed E-state index contributed by atoms with van der Waals surface area (Å²) < 4.78 is 16.6. The number of rotatable bonds is 6. The van der Waals surface area contributed by atoms with E-state index in [4.69, 9.17) is 19.6 Å². The zero-order chi connectivity index (χ0) is 14.6. The number of nitrogens with one attached hydrogen (secondary N) is 1. The predicted molar refractivity (Wildman–Crippen MR) is 64.9 cm³/mol. The van der Waals surface area contributed by atoms with E-state index in [1.54, 1.807) is 0 Å². The van der Waals surface area contributed by atoms with Gasteiger partial charge >= 0.3 is 13.3 Å². The second kappa shape index (κ2) is 6.27. The lowest BCUT2D eigenvalue weighted by molar-refractivity contribution is 0.0188. The third-order valence-corrected chi connectivity index (χ3v) is 2.76. The molecule has 0 radical (unpaired) electrons. The molecule has 0 spiro atoms. The van der Waals surface area contributed by atoms with Crippen molar-refractivity contribution >= 4 is 7.60 Å². The molecule has 0 saturated carbocycles. The fourth-order valence-corrected chi connectivity index (χ4v) is 1.74. The van der Waals surface area contributed by atoms with Crippen molar-refractivity contribution in [3.8, 4) is 0 Å². The molecule has 1 aromatic rings. The van der Waals surface area contributed by atoms with Crippen LogP contribution in [0.25, 0.3) is 0 Å². The lowest BCUT2D eigenvalue weighted by atomic mass is 10.3. The molecule has 0 aliphatic carbocycles. The molecule has 19 heavy (non-hydrogen) atoms. The SMILES string of the molecule is Cc1cn(C[C@@H](CO)OCP(=O)(O)O)c(=O)[nH]c1=O. The zero-order valence-electron chi connectivity index (χ0n) is 10.1. The molecule has 108 valence electrons. The molecule has 1 heterocycles. The molecule has 0 aliphatic rings. The normalized spacial score (nSPS) is 13.5. The van der Waals surface area contributed by atoms with Gasteiger partial charge in [0.05, 0.1) is 19.3 Å². The van der Waals surface area contributed by atoms with Gasteiger partial charge in [0.1, 0.15) is 6.35 Å². The molecule has 1 rings (SSSR count). The van der Waals surface area contributed by atoms with Crippen LogP contribution in [-0.4, -0.2) is 43.5 Å². The van der Waals surface area contributed by atoms with Gasteiger partial charge in [-0.3, -0.25) is 18.9 Å². The van der Waals surface area contributed by atoms with E-state index in [0.29, 0.717) is 5.56 Å². The third-order valence-electron chi connectivity index (χ3n) is 2.27. The van der Waals surface area contributed by atoms with E-state index >= 15 is 0 Å². The fourth-order valence-electron chi connectivity index (χ4n) is 1.34. The molecule has 0 aliphatic heterocycles. The quantitative estimate of drug-likeness (QED) is 0.461. The lowest BCUT2D eigenvalue weighted by Gasteiger charge is -2.17. The van der Waals surface area contributed by atoms with E-state index in [2.05, 4.69) is 4.98 Å². The van der Waals surface area contributed by atoms with Gasteiger partial charge in [-0.15, -0.1) is 0 Å². The Labute approximate surface area is 107 Å². The Morgan fingerprint density at radius 2 is 2.11 bits per heavy atom. The zero-order valence-corrected chi connectivity index (χ0v) is 11.0. The molecule has 0 amide bonds. The largest absolute Gasteiger partial charge is 0.394 e. The van der Waals surface area contributed by atoms with E-state index in [9.17, 15) is 14.2 Å². The highest BCUT2D eigenvalue weighted by atomic mass is 31.2. The average molecular weight is 294 g/mol. The summed E-state index contributed by atoms with van der Waals surface area (Å²) in [6.45, 7) is 0.844. The minimum absolute atomic E-state index is 0.132. The van der Waals surface area contributed by atoms with Crippen molar-refractivity contribution in [2.45, 2.75) is 19.6 Å². The lowest BCUT2D eigenvalue weighted by Crippen LogP contribution is -2.35. The summed E-state index contributed by atoms with van der Waals surface area (Å²) in [5, 5.41) is 9.03. The van der Waals surface area contributed by atoms with Gasteiger partial charge in [-0.25, -0.2) is 4.79 Å². The number of H-pyrrole nitrogens is 1. The summed E-state index contributed by atoms with van der Waals surface area (Å²) in [5.74, 6) is 0. The van der Waals surface area contributed by atoms with Crippen LogP contribution in [0, 0.1) is 6.92 Å². The second-order valence-electron chi connectivity index (χ2n) is 3.99. The standard InChI is InChI=1S/C9H15N2O7P/c1-6-2-11(9(14)10-8(6)13)3-7(4-12)18-5-19(15,16)17/h2,7,12H,3-5H2,1H3,(H,10,13,14)(H2,15,16,17)/t7-/m0/s1. The van der Waals surface area contributed by atoms with E-state index in [0.717, 1.165) is 4.57 Å². The van der Waals surface area contributed by atoms with E-state index in [1.165, 1.54) is 13.1 Å². The summed E-state index contributed by atoms with van der Waals surface area (Å²) in [4.78, 5) is 42.0. The van der Waals surface area contributed by atoms with Crippen molar-refractivity contribution in [1.82, 2.24) is 9.55 Å². The molecule has 10 heteroatoms. The molecular weight excluding hydrogens is 279 g/mol. The minimum atomic E-state index is -4.35. The van der Waals surface area contributed by atoms with Crippen LogP contribution in [0.1, 0.15) is 5.56 Å². The maximum atomic E-state index is 11.5. The maximum Gasteiger partial charge on any atom is 0.350 e. The monoisotopic (exact) mass is 294 g/mol. The van der Waals surface area contributed by atoms with E-state index < -0.39 is 37.9 Å². The second-order valence-corrected chi connectivity index (χ2v) is 5.58. The van der Waals surface area contributed by atoms with Gasteiger partial charge in [-0.1, -0.05) is 0 Å². The number of aliphatic hydroxyl groups excluding tert-OH is 1. The van der Waals surface area contributed by atoms with Crippen LogP contribution in [0.5, 0.6) is 0 Å². The average Bonchev–Trinajstić information content (AvgIpc) is 2.29. The number of ether oxygens (including phenoxy) is 1. The highest BCUT2D eigenvalue weighted by molar-refractivity contribution is 7.51. The molecule has 0 bridgehead atoms. The number of aromatic amines is 1. The van der Waals surface area contributed by atoms with Gasteiger partial charge in [0.15, 0.2) is 0 Å². The number of nitrogens with zero attached hydrogens (tertiary/aromatic N) is 1. The highest BCUT2D eigenvalue weighted by Crippen LogP contribution is 2.34. The van der Waals surface area contributed by atoms with Gasteiger partial charge in [-0.05, 0) is 6.92 Å². The molecule has 1 aromatic heterocycles. The first kappa shape index (κ1) is 15.8. The molecule has 1 atom stereocenters. The number of aliphatic hydroxyl groups is 1. The first-order valence-corrected chi connectivity index (χ1v) is 7.10. The van der Waals surface area contributed by atoms with Crippen LogP contribution < -0.4 is 11.2 Å². The highest BCUT2D eigenvalue weighted by Gasteiger charge is 2.18. The van der Waals surface area contributed by atoms with Crippen LogP contribution in [0.15, 0.2) is 15.8 Å². The smallest absolute Gasteiger partial charge is 0.350 e. The molecule has 0 saturated heterocycles. The van der Waals surface area contributed by atoms with Crippen molar-refractivity contribution in [3.63, 3.8) is 0 Å². The maximum absolute atomic E-state index is 11.5. The summed E-state index contributed by atoms with van der Waals surface area (Å²) in [7, 11) is -4.35. The Morgan fingerprint density at radius 1 is 1.47 bits per heavy atom. The van der Waals surface area contributed by atoms with Crippen molar-refractivity contribution < 1.29 is 24.2 Å². The first-order valence-electron chi connectivity index (χ1n) is 5.30. The molecule has 0 unspecified atom stereocenters. The molecule has 0 aromatic carbocycles. The molecule has 9 nitrogen and oxygen atoms in total. The van der Waals surface area contributed by atoms with Gasteiger partial charge in [0, 0.05) is 11.8 Å². The van der Waals surface area contributed by atoms with Gasteiger partial charge in [0.2, 0.25) is 0 Å². The number of aromatic nitrogens is 2. The Hall–Kier alpha value is -1.25. The van der Waals surface area contributed by atoms with Crippen molar-refractivity contribution in [1.29, 1.82) is 0 Å². The van der Waals surface area contributed by atoms with Crippen molar-refractivity contribution in [3.05, 3.63) is 32.6 Å². The Kier molecular flexibility index (Phi) is 5.21. The van der Waals surface area contributed by atoms with E-state index in [-0.39, 0.29) is 6.54 Å². The van der Waals surface area contributed by atoms with Crippen molar-refractivity contribution in [2.24, 2.45) is 0 Å². The number of hydrogen-bond acceptors (Lipinski definition) is 5. The number of hydrogen-bond donors (Lipinski definition) is 4. The predicted octanol–water partition coefficient (Wildman–Crippen LogP) is -1.64. The van der Waals surface area contributed by atoms with E-state index in [1.807, 2.05) is 0 Å². The van der Waals surface area contributed by atoms with Crippen LogP contribution in [0.2, 0.25) is 0 Å². The third kappa shape index (κ3) is 5.09. The van der Waals surface area contributed by atoms with Crippen LogP contribution >= 0.6 is 7.60 Å². The summed E-state index contributed by atoms with van der Waals surface area (Å²) >= 11 is 0.